The fourth-order valence-corrected chi connectivity index (χ4v) is 7.68. The Morgan fingerprint density at radius 1 is 0.673 bits per heavy atom. The van der Waals surface area contributed by atoms with Crippen LogP contribution in [0.15, 0.2) is 103 Å². The summed E-state index contributed by atoms with van der Waals surface area (Å²) in [6.45, 7) is 6.62. The van der Waals surface area contributed by atoms with Crippen molar-refractivity contribution in [3.8, 4) is 11.3 Å². The number of hydrogen-bond acceptors (Lipinski definition) is 5. The Labute approximate surface area is 321 Å². The van der Waals surface area contributed by atoms with Crippen LogP contribution in [0.4, 0.5) is 11.4 Å². The van der Waals surface area contributed by atoms with Crippen molar-refractivity contribution >= 4 is 51.7 Å². The van der Waals surface area contributed by atoms with Crippen LogP contribution in [-0.2, 0) is 32.0 Å². The van der Waals surface area contributed by atoms with Crippen LogP contribution in [0.25, 0.3) is 22.2 Å². The summed E-state index contributed by atoms with van der Waals surface area (Å²) in [6.07, 6.45) is 3.14. The highest BCUT2D eigenvalue weighted by Crippen LogP contribution is 2.36. The number of nitrogens with one attached hydrogen (secondary N) is 3. The summed E-state index contributed by atoms with van der Waals surface area (Å²) < 4.78 is 0. The van der Waals surface area contributed by atoms with Gasteiger partial charge in [0.25, 0.3) is 0 Å². The van der Waals surface area contributed by atoms with Crippen molar-refractivity contribution in [2.75, 3.05) is 23.7 Å². The lowest BCUT2D eigenvalue weighted by Gasteiger charge is -2.25. The molecule has 2 aliphatic heterocycles. The molecule has 5 aromatic rings. The average molecular weight is 738 g/mol. The van der Waals surface area contributed by atoms with Gasteiger partial charge in [0.15, 0.2) is 5.78 Å². The molecule has 2 fully saturated rings. The number of carbonyl (C=O) groups excluding carboxylic acids is 5. The number of nitrogens with zero attached hydrogens (tertiary/aromatic N) is 2. The van der Waals surface area contributed by atoms with Crippen LogP contribution in [0.2, 0.25) is 0 Å². The van der Waals surface area contributed by atoms with Gasteiger partial charge in [-0.25, -0.2) is 0 Å². The van der Waals surface area contributed by atoms with E-state index in [-0.39, 0.29) is 42.3 Å². The van der Waals surface area contributed by atoms with Crippen molar-refractivity contribution < 1.29 is 24.0 Å². The molecule has 0 saturated carbocycles. The maximum absolute atomic E-state index is 14.0. The number of amides is 4. The second-order valence-corrected chi connectivity index (χ2v) is 15.6. The molecule has 0 unspecified atom stereocenters. The third kappa shape index (κ3) is 8.23. The van der Waals surface area contributed by atoms with E-state index in [1.807, 2.05) is 118 Å². The molecule has 0 radical (unpaired) electrons. The molecule has 0 aliphatic carbocycles. The Morgan fingerprint density at radius 3 is 1.73 bits per heavy atom. The van der Waals surface area contributed by atoms with Gasteiger partial charge in [-0.3, -0.25) is 24.0 Å². The van der Waals surface area contributed by atoms with E-state index < -0.39 is 17.5 Å². The largest absolute Gasteiger partial charge is 0.355 e. The number of fused-ring (bicyclic) bond motifs is 1. The normalized spacial score (nSPS) is 17.0. The predicted molar refractivity (Wildman–Crippen MR) is 215 cm³/mol. The molecule has 2 aliphatic rings. The first-order valence-corrected chi connectivity index (χ1v) is 19.1. The molecule has 4 aromatic carbocycles. The van der Waals surface area contributed by atoms with Crippen LogP contribution in [0.3, 0.4) is 0 Å². The molecule has 55 heavy (non-hydrogen) atoms. The summed E-state index contributed by atoms with van der Waals surface area (Å²) in [6, 6.07) is 30.9. The zero-order valence-electron chi connectivity index (χ0n) is 31.6. The molecule has 3 N–H and O–H groups in total. The van der Waals surface area contributed by atoms with Crippen LogP contribution in [0, 0.1) is 5.41 Å². The summed E-state index contributed by atoms with van der Waals surface area (Å²) in [5.74, 6) is -0.793. The van der Waals surface area contributed by atoms with Crippen LogP contribution in [-0.4, -0.2) is 69.4 Å². The topological polar surface area (TPSA) is 132 Å². The van der Waals surface area contributed by atoms with Crippen molar-refractivity contribution in [1.82, 2.24) is 14.8 Å². The molecule has 0 spiro atoms. The smallest absolute Gasteiger partial charge is 0.247 e. The summed E-state index contributed by atoms with van der Waals surface area (Å²) in [5, 5.41) is 6.71. The van der Waals surface area contributed by atoms with Gasteiger partial charge in [-0.2, -0.15) is 0 Å². The van der Waals surface area contributed by atoms with E-state index in [4.69, 9.17) is 0 Å². The highest BCUT2D eigenvalue weighted by atomic mass is 16.2. The van der Waals surface area contributed by atoms with Gasteiger partial charge in [0.05, 0.1) is 24.1 Å². The maximum atomic E-state index is 14.0. The maximum Gasteiger partial charge on any atom is 0.247 e. The fraction of sp³-hybridized carbons (Fsp3) is 0.311. The number of aromatic amines is 1. The Kier molecular flexibility index (Phi) is 10.7. The van der Waals surface area contributed by atoms with Crippen LogP contribution >= 0.6 is 0 Å². The Morgan fingerprint density at radius 2 is 1.20 bits per heavy atom. The van der Waals surface area contributed by atoms with Crippen molar-refractivity contribution in [2.24, 2.45) is 5.41 Å². The molecule has 10 heteroatoms. The van der Waals surface area contributed by atoms with E-state index in [1.165, 1.54) is 0 Å². The Hall–Kier alpha value is -6.03. The van der Waals surface area contributed by atoms with Crippen LogP contribution in [0.1, 0.15) is 67.9 Å². The molecule has 7 rings (SSSR count). The Balaban J connectivity index is 1.08. The number of H-pyrrole nitrogens is 1. The number of ketones is 1. The lowest BCUT2D eigenvalue weighted by molar-refractivity contribution is -0.136. The molecule has 4 amide bonds. The second kappa shape index (κ2) is 15.8. The van der Waals surface area contributed by atoms with Gasteiger partial charge < -0.3 is 25.4 Å². The van der Waals surface area contributed by atoms with E-state index in [1.54, 1.807) is 15.9 Å². The molecule has 10 nitrogen and oxygen atoms in total. The van der Waals surface area contributed by atoms with Gasteiger partial charge >= 0.3 is 0 Å². The third-order valence-corrected chi connectivity index (χ3v) is 10.6. The first-order chi connectivity index (χ1) is 26.5. The zero-order chi connectivity index (χ0) is 38.7. The van der Waals surface area contributed by atoms with Gasteiger partial charge in [-0.1, -0.05) is 93.6 Å². The zero-order valence-corrected chi connectivity index (χ0v) is 31.6. The minimum atomic E-state index is -0.739. The van der Waals surface area contributed by atoms with Gasteiger partial charge in [0.2, 0.25) is 23.6 Å². The van der Waals surface area contributed by atoms with E-state index in [2.05, 4.69) is 15.6 Å². The molecule has 0 bridgehead atoms. The van der Waals surface area contributed by atoms with E-state index >= 15 is 0 Å². The second-order valence-electron chi connectivity index (χ2n) is 15.6. The monoisotopic (exact) mass is 737 g/mol. The summed E-state index contributed by atoms with van der Waals surface area (Å²) in [7, 11) is 0. The first-order valence-electron chi connectivity index (χ1n) is 19.1. The number of anilines is 2. The minimum Gasteiger partial charge on any atom is -0.355 e. The lowest BCUT2D eigenvalue weighted by atomic mass is 9.84. The van der Waals surface area contributed by atoms with Crippen LogP contribution < -0.4 is 10.6 Å². The fourth-order valence-electron chi connectivity index (χ4n) is 7.68. The predicted octanol–water partition coefficient (Wildman–Crippen LogP) is 7.41. The highest BCUT2D eigenvalue weighted by molar-refractivity contribution is 6.17. The average Bonchev–Trinajstić information content (AvgIpc) is 3.96. The summed E-state index contributed by atoms with van der Waals surface area (Å²) in [5.41, 5.74) is 4.85. The number of aromatic nitrogens is 1. The summed E-state index contributed by atoms with van der Waals surface area (Å²) >= 11 is 0. The van der Waals surface area contributed by atoms with Crippen molar-refractivity contribution in [3.63, 3.8) is 0 Å². The van der Waals surface area contributed by atoms with E-state index in [9.17, 15) is 24.0 Å². The number of hydrogen-bond donors (Lipinski definition) is 3. The van der Waals surface area contributed by atoms with Crippen molar-refractivity contribution in [3.05, 3.63) is 120 Å². The molecule has 2 atom stereocenters. The van der Waals surface area contributed by atoms with Gasteiger partial charge in [-0.15, -0.1) is 0 Å². The van der Waals surface area contributed by atoms with Gasteiger partial charge in [0.1, 0.15) is 12.1 Å². The molecule has 3 heterocycles. The number of carbonyl (C=O) groups is 5. The number of likely N-dealkylation sites (tertiary alicyclic amines) is 2. The standard InChI is InChI=1S/C45H47N5O5/c1-45(2,3)42(53)41-33-28-36(31-18-20-32(21-19-31)46-43(54)37-16-10-24-49(37)39(51)26-29-12-6-4-7-13-29)47-34(33)22-23-35(41)48-44(55)38-17-11-25-50(38)40(52)27-30-14-8-5-9-15-30/h4-9,12-15,18-23,28,37-38,47H,10-11,16-17,24-27H2,1-3H3,(H,46,54)(H,48,55)/t37-,38-/m0/s1. The molecule has 1 aromatic heterocycles. The molecular weight excluding hydrogens is 691 g/mol. The molecular formula is C45H47N5O5. The first kappa shape index (κ1) is 37.3. The SMILES string of the molecule is CC(C)(C)C(=O)c1c(NC(=O)[C@@H]2CCCN2C(=O)Cc2ccccc2)ccc2[nH]c(-c3ccc(NC(=O)[C@@H]4CCCN4C(=O)Cc4ccccc4)cc3)cc12. The highest BCUT2D eigenvalue weighted by Gasteiger charge is 2.36. The van der Waals surface area contributed by atoms with Gasteiger partial charge in [-0.05, 0) is 72.7 Å². The molecule has 282 valence electrons. The third-order valence-electron chi connectivity index (χ3n) is 10.6. The van der Waals surface area contributed by atoms with Crippen molar-refractivity contribution in [1.29, 1.82) is 0 Å². The van der Waals surface area contributed by atoms with E-state index in [0.717, 1.165) is 40.7 Å². The summed E-state index contributed by atoms with van der Waals surface area (Å²) in [4.78, 5) is 74.4. The van der Waals surface area contributed by atoms with Gasteiger partial charge in [0, 0.05) is 40.8 Å². The minimum absolute atomic E-state index is 0.0560. The molecule has 2 saturated heterocycles. The lowest BCUT2D eigenvalue weighted by Crippen LogP contribution is -2.44. The van der Waals surface area contributed by atoms with Crippen molar-refractivity contribution in [2.45, 2.75) is 71.4 Å². The van der Waals surface area contributed by atoms with Crippen LogP contribution in [0.5, 0.6) is 0 Å². The number of Topliss-reactive ketones (excluding diaryl/α,β-unsaturated/α-hetero) is 1. The Bertz CT molecular complexity index is 2220. The number of benzene rings is 4. The quantitative estimate of drug-likeness (QED) is 0.129. The van der Waals surface area contributed by atoms with E-state index in [0.29, 0.717) is 48.3 Å². The number of rotatable bonds is 10.